The van der Waals surface area contributed by atoms with E-state index in [9.17, 15) is 4.79 Å². The van der Waals surface area contributed by atoms with Crippen LogP contribution in [0.15, 0.2) is 34.9 Å². The van der Waals surface area contributed by atoms with E-state index >= 15 is 0 Å². The average Bonchev–Trinajstić information content (AvgIpc) is 2.61. The molecule has 72 valence electrons. The van der Waals surface area contributed by atoms with Crippen molar-refractivity contribution in [2.45, 2.75) is 19.8 Å². The molecule has 2 heteroatoms. The summed E-state index contributed by atoms with van der Waals surface area (Å²) >= 11 is 0. The van der Waals surface area contributed by atoms with Gasteiger partial charge in [0.05, 0.1) is 6.26 Å². The molecule has 1 aromatic heterocycles. The first-order valence-electron chi connectivity index (χ1n) is 4.71. The van der Waals surface area contributed by atoms with Gasteiger partial charge in [0, 0.05) is 11.8 Å². The van der Waals surface area contributed by atoms with Crippen LogP contribution in [0.4, 0.5) is 0 Å². The molecule has 0 saturated heterocycles. The summed E-state index contributed by atoms with van der Waals surface area (Å²) in [4.78, 5) is 10.8. The Labute approximate surface area is 82.5 Å². The lowest BCUT2D eigenvalue weighted by molar-refractivity contribution is -0.116. The van der Waals surface area contributed by atoms with Crippen molar-refractivity contribution in [1.29, 1.82) is 0 Å². The monoisotopic (exact) mass is 188 g/mol. The summed E-state index contributed by atoms with van der Waals surface area (Å²) in [7, 11) is 0. The molecule has 0 amide bonds. The lowest BCUT2D eigenvalue weighted by atomic mass is 10.1. The Morgan fingerprint density at radius 1 is 1.36 bits per heavy atom. The van der Waals surface area contributed by atoms with Gasteiger partial charge < -0.3 is 9.21 Å². The third-order valence-electron chi connectivity index (χ3n) is 2.29. The van der Waals surface area contributed by atoms with Crippen LogP contribution < -0.4 is 0 Å². The number of carbonyl (C=O) groups excluding carboxylic acids is 1. The minimum atomic E-state index is 0.226. The average molecular weight is 188 g/mol. The smallest absolute Gasteiger partial charge is 0.134 e. The van der Waals surface area contributed by atoms with Crippen molar-refractivity contribution in [3.8, 4) is 0 Å². The van der Waals surface area contributed by atoms with Crippen molar-refractivity contribution in [1.82, 2.24) is 0 Å². The van der Waals surface area contributed by atoms with E-state index in [1.54, 1.807) is 13.2 Å². The van der Waals surface area contributed by atoms with Gasteiger partial charge in [0.15, 0.2) is 0 Å². The second-order valence-corrected chi connectivity index (χ2v) is 3.49. The molecule has 2 rings (SSSR count). The van der Waals surface area contributed by atoms with Crippen LogP contribution in [0.3, 0.4) is 0 Å². The van der Waals surface area contributed by atoms with Crippen LogP contribution in [-0.4, -0.2) is 5.78 Å². The fourth-order valence-corrected chi connectivity index (χ4v) is 1.48. The normalized spacial score (nSPS) is 10.6. The van der Waals surface area contributed by atoms with E-state index in [1.807, 2.05) is 24.3 Å². The predicted molar refractivity (Wildman–Crippen MR) is 55.2 cm³/mol. The molecule has 0 bridgehead atoms. The second-order valence-electron chi connectivity index (χ2n) is 3.49. The number of furan rings is 1. The van der Waals surface area contributed by atoms with Gasteiger partial charge >= 0.3 is 0 Å². The summed E-state index contributed by atoms with van der Waals surface area (Å²) in [6.45, 7) is 1.62. The molecule has 0 atom stereocenters. The number of Topliss-reactive ketones (excluding diaryl/α,β-unsaturated/α-hetero) is 1. The van der Waals surface area contributed by atoms with E-state index in [2.05, 4.69) is 0 Å². The van der Waals surface area contributed by atoms with E-state index in [0.29, 0.717) is 6.42 Å². The Balaban J connectivity index is 2.21. The minimum absolute atomic E-state index is 0.226. The molecule has 2 aromatic rings. The van der Waals surface area contributed by atoms with Crippen LogP contribution in [0.2, 0.25) is 0 Å². The lowest BCUT2D eigenvalue weighted by Gasteiger charge is -1.98. The topological polar surface area (TPSA) is 30.2 Å². The Hall–Kier alpha value is -1.57. The van der Waals surface area contributed by atoms with E-state index in [0.717, 1.165) is 23.0 Å². The van der Waals surface area contributed by atoms with Crippen molar-refractivity contribution in [3.63, 3.8) is 0 Å². The number of hydrogen-bond acceptors (Lipinski definition) is 2. The zero-order valence-electron chi connectivity index (χ0n) is 8.12. The van der Waals surface area contributed by atoms with Crippen molar-refractivity contribution >= 4 is 16.8 Å². The standard InChI is InChI=1S/C12H12O2/c1-9(13)2-3-10-4-5-11-6-7-14-12(11)8-10/h4-8H,2-3H2,1H3. The second kappa shape index (κ2) is 3.66. The van der Waals surface area contributed by atoms with E-state index in [4.69, 9.17) is 4.42 Å². The highest BCUT2D eigenvalue weighted by Gasteiger charge is 2.00. The van der Waals surface area contributed by atoms with E-state index in [1.165, 1.54) is 0 Å². The van der Waals surface area contributed by atoms with Crippen LogP contribution >= 0.6 is 0 Å². The lowest BCUT2D eigenvalue weighted by Crippen LogP contribution is -1.93. The van der Waals surface area contributed by atoms with Crippen LogP contribution in [-0.2, 0) is 11.2 Å². The number of fused-ring (bicyclic) bond motifs is 1. The molecule has 0 aliphatic rings. The zero-order chi connectivity index (χ0) is 9.97. The fourth-order valence-electron chi connectivity index (χ4n) is 1.48. The number of aryl methyl sites for hydroxylation is 1. The van der Waals surface area contributed by atoms with Gasteiger partial charge in [0.25, 0.3) is 0 Å². The van der Waals surface area contributed by atoms with Crippen molar-refractivity contribution < 1.29 is 9.21 Å². The van der Waals surface area contributed by atoms with Gasteiger partial charge in [-0.05, 0) is 31.0 Å². The molecule has 1 heterocycles. The first-order valence-corrected chi connectivity index (χ1v) is 4.71. The summed E-state index contributed by atoms with van der Waals surface area (Å²) in [6, 6.07) is 8.00. The summed E-state index contributed by atoms with van der Waals surface area (Å²) in [5.41, 5.74) is 2.05. The number of carbonyl (C=O) groups is 1. The number of ketones is 1. The van der Waals surface area contributed by atoms with Crippen molar-refractivity contribution in [2.24, 2.45) is 0 Å². The molecule has 0 fully saturated rings. The molecule has 0 saturated carbocycles. The van der Waals surface area contributed by atoms with Gasteiger partial charge in [-0.2, -0.15) is 0 Å². The van der Waals surface area contributed by atoms with Gasteiger partial charge in [0.2, 0.25) is 0 Å². The molecule has 0 unspecified atom stereocenters. The Kier molecular flexibility index (Phi) is 2.35. The molecule has 0 aliphatic carbocycles. The van der Waals surface area contributed by atoms with Crippen LogP contribution in [0.1, 0.15) is 18.9 Å². The Morgan fingerprint density at radius 3 is 3.00 bits per heavy atom. The molecule has 0 N–H and O–H groups in total. The zero-order valence-corrected chi connectivity index (χ0v) is 8.12. The van der Waals surface area contributed by atoms with E-state index < -0.39 is 0 Å². The highest BCUT2D eigenvalue weighted by Crippen LogP contribution is 2.17. The largest absolute Gasteiger partial charge is 0.464 e. The number of hydrogen-bond donors (Lipinski definition) is 0. The van der Waals surface area contributed by atoms with Gasteiger partial charge in [0.1, 0.15) is 11.4 Å². The number of rotatable bonds is 3. The summed E-state index contributed by atoms with van der Waals surface area (Å²) in [5, 5.41) is 1.11. The van der Waals surface area contributed by atoms with E-state index in [-0.39, 0.29) is 5.78 Å². The molecule has 0 aliphatic heterocycles. The maximum Gasteiger partial charge on any atom is 0.134 e. The molecule has 0 spiro atoms. The molecule has 1 aromatic carbocycles. The number of benzene rings is 1. The summed E-state index contributed by atoms with van der Waals surface area (Å²) in [5.74, 6) is 0.226. The molecule has 2 nitrogen and oxygen atoms in total. The maximum atomic E-state index is 10.8. The van der Waals surface area contributed by atoms with Gasteiger partial charge in [-0.15, -0.1) is 0 Å². The minimum Gasteiger partial charge on any atom is -0.464 e. The summed E-state index contributed by atoms with van der Waals surface area (Å²) in [6.07, 6.45) is 3.08. The first-order chi connectivity index (χ1) is 6.75. The molecular weight excluding hydrogens is 176 g/mol. The van der Waals surface area contributed by atoms with Crippen LogP contribution in [0.5, 0.6) is 0 Å². The summed E-state index contributed by atoms with van der Waals surface area (Å²) < 4.78 is 5.28. The predicted octanol–water partition coefficient (Wildman–Crippen LogP) is 2.95. The van der Waals surface area contributed by atoms with Gasteiger partial charge in [-0.3, -0.25) is 0 Å². The Morgan fingerprint density at radius 2 is 2.21 bits per heavy atom. The van der Waals surface area contributed by atoms with Crippen molar-refractivity contribution in [3.05, 3.63) is 36.1 Å². The highest BCUT2D eigenvalue weighted by atomic mass is 16.3. The quantitative estimate of drug-likeness (QED) is 0.741. The van der Waals surface area contributed by atoms with Crippen LogP contribution in [0, 0.1) is 0 Å². The van der Waals surface area contributed by atoms with Gasteiger partial charge in [-0.1, -0.05) is 12.1 Å². The first kappa shape index (κ1) is 9.00. The van der Waals surface area contributed by atoms with Crippen molar-refractivity contribution in [2.75, 3.05) is 0 Å². The van der Waals surface area contributed by atoms with Gasteiger partial charge in [-0.25, -0.2) is 0 Å². The Bertz CT molecular complexity index is 454. The fraction of sp³-hybridized carbons (Fsp3) is 0.250. The third-order valence-corrected chi connectivity index (χ3v) is 2.29. The highest BCUT2D eigenvalue weighted by molar-refractivity contribution is 5.78. The maximum absolute atomic E-state index is 10.8. The van der Waals surface area contributed by atoms with Crippen LogP contribution in [0.25, 0.3) is 11.0 Å². The molecule has 0 radical (unpaired) electrons. The SMILES string of the molecule is CC(=O)CCc1ccc2ccoc2c1. The molecule has 14 heavy (non-hydrogen) atoms. The molecular formula is C12H12O2. The third kappa shape index (κ3) is 1.84.